The summed E-state index contributed by atoms with van der Waals surface area (Å²) in [5.74, 6) is 0.641. The lowest BCUT2D eigenvalue weighted by Gasteiger charge is -2.38. The van der Waals surface area contributed by atoms with Crippen LogP contribution in [0.4, 0.5) is 0 Å². The van der Waals surface area contributed by atoms with Crippen LogP contribution in [0, 0.1) is 5.92 Å². The van der Waals surface area contributed by atoms with Crippen molar-refractivity contribution in [3.63, 3.8) is 0 Å². The van der Waals surface area contributed by atoms with Crippen LogP contribution in [-0.4, -0.2) is 59.2 Å². The normalized spacial score (nSPS) is 21.7. The highest BCUT2D eigenvalue weighted by atomic mass is 16.3. The Morgan fingerprint density at radius 1 is 1.17 bits per heavy atom. The first-order valence-electron chi connectivity index (χ1n) is 10.9. The summed E-state index contributed by atoms with van der Waals surface area (Å²) in [6, 6.07) is 14.0. The standard InChI is InChI=1S/C24H31N3O3/c1-18(19-7-4-3-5-8-19)26-16-20(15-23(26)28)24(29)27(17-22-9-6-14-30-22)21-10-12-25(2)13-11-21/h3-9,14,18,20-21H,10-13,15-17H2,1-2H3. The molecule has 2 fully saturated rings. The Morgan fingerprint density at radius 3 is 2.57 bits per heavy atom. The number of piperidine rings is 1. The van der Waals surface area contributed by atoms with E-state index < -0.39 is 0 Å². The van der Waals surface area contributed by atoms with Gasteiger partial charge in [0.2, 0.25) is 11.8 Å². The molecule has 0 aliphatic carbocycles. The topological polar surface area (TPSA) is 57.0 Å². The van der Waals surface area contributed by atoms with Crippen LogP contribution in [0.3, 0.4) is 0 Å². The molecule has 0 bridgehead atoms. The first-order valence-corrected chi connectivity index (χ1v) is 10.9. The highest BCUT2D eigenvalue weighted by Gasteiger charge is 2.40. The number of carbonyl (C=O) groups is 2. The Balaban J connectivity index is 1.49. The number of likely N-dealkylation sites (tertiary alicyclic amines) is 2. The molecule has 2 saturated heterocycles. The van der Waals surface area contributed by atoms with E-state index >= 15 is 0 Å². The molecule has 3 heterocycles. The van der Waals surface area contributed by atoms with Gasteiger partial charge in [0.15, 0.2) is 0 Å². The van der Waals surface area contributed by atoms with E-state index in [1.54, 1.807) is 6.26 Å². The van der Waals surface area contributed by atoms with Gasteiger partial charge in [-0.1, -0.05) is 30.3 Å². The van der Waals surface area contributed by atoms with Gasteiger partial charge in [0.05, 0.1) is 24.8 Å². The zero-order valence-electron chi connectivity index (χ0n) is 17.9. The fourth-order valence-corrected chi connectivity index (χ4v) is 4.68. The SMILES string of the molecule is CC(c1ccccc1)N1CC(C(=O)N(Cc2ccco2)C2CCN(C)CC2)CC1=O. The lowest BCUT2D eigenvalue weighted by molar-refractivity contribution is -0.140. The van der Waals surface area contributed by atoms with Crippen molar-refractivity contribution in [1.29, 1.82) is 0 Å². The van der Waals surface area contributed by atoms with Crippen LogP contribution < -0.4 is 0 Å². The molecule has 6 nitrogen and oxygen atoms in total. The van der Waals surface area contributed by atoms with Crippen molar-refractivity contribution in [3.05, 3.63) is 60.1 Å². The van der Waals surface area contributed by atoms with Gasteiger partial charge in [0, 0.05) is 19.0 Å². The fraction of sp³-hybridized carbons (Fsp3) is 0.500. The number of carbonyl (C=O) groups excluding carboxylic acids is 2. The minimum absolute atomic E-state index is 0.0293. The van der Waals surface area contributed by atoms with Crippen molar-refractivity contribution < 1.29 is 14.0 Å². The molecule has 2 aliphatic rings. The first-order chi connectivity index (χ1) is 14.5. The summed E-state index contributed by atoms with van der Waals surface area (Å²) in [5, 5.41) is 0. The van der Waals surface area contributed by atoms with E-state index in [1.807, 2.05) is 59.2 Å². The fourth-order valence-electron chi connectivity index (χ4n) is 4.68. The molecule has 2 aromatic rings. The van der Waals surface area contributed by atoms with Crippen molar-refractivity contribution in [3.8, 4) is 0 Å². The number of furan rings is 1. The van der Waals surface area contributed by atoms with Crippen LogP contribution >= 0.6 is 0 Å². The van der Waals surface area contributed by atoms with Crippen LogP contribution in [0.5, 0.6) is 0 Å². The average Bonchev–Trinajstić information content (AvgIpc) is 3.42. The van der Waals surface area contributed by atoms with Crippen molar-refractivity contribution in [2.75, 3.05) is 26.7 Å². The van der Waals surface area contributed by atoms with Crippen LogP contribution in [-0.2, 0) is 16.1 Å². The minimum Gasteiger partial charge on any atom is -0.467 e. The number of hydrogen-bond donors (Lipinski definition) is 0. The zero-order valence-corrected chi connectivity index (χ0v) is 17.9. The minimum atomic E-state index is -0.293. The molecule has 30 heavy (non-hydrogen) atoms. The van der Waals surface area contributed by atoms with E-state index in [9.17, 15) is 9.59 Å². The monoisotopic (exact) mass is 409 g/mol. The quantitative estimate of drug-likeness (QED) is 0.735. The number of nitrogens with zero attached hydrogens (tertiary/aromatic N) is 3. The van der Waals surface area contributed by atoms with Gasteiger partial charge in [-0.3, -0.25) is 9.59 Å². The van der Waals surface area contributed by atoms with Gasteiger partial charge in [-0.25, -0.2) is 0 Å². The summed E-state index contributed by atoms with van der Waals surface area (Å²) < 4.78 is 5.55. The Kier molecular flexibility index (Phi) is 6.23. The molecule has 2 amide bonds. The summed E-state index contributed by atoms with van der Waals surface area (Å²) >= 11 is 0. The Hall–Kier alpha value is -2.60. The second-order valence-electron chi connectivity index (χ2n) is 8.61. The molecule has 0 N–H and O–H groups in total. The Bertz CT molecular complexity index is 844. The number of hydrogen-bond acceptors (Lipinski definition) is 4. The molecule has 2 atom stereocenters. The van der Waals surface area contributed by atoms with Gasteiger partial charge in [0.1, 0.15) is 5.76 Å². The third-order valence-corrected chi connectivity index (χ3v) is 6.58. The average molecular weight is 410 g/mol. The van der Waals surface area contributed by atoms with Gasteiger partial charge in [-0.05, 0) is 57.6 Å². The molecule has 4 rings (SSSR count). The van der Waals surface area contributed by atoms with Gasteiger partial charge >= 0.3 is 0 Å². The lowest BCUT2D eigenvalue weighted by atomic mass is 9.99. The Morgan fingerprint density at radius 2 is 1.90 bits per heavy atom. The summed E-state index contributed by atoms with van der Waals surface area (Å²) in [6.07, 6.45) is 3.84. The predicted octanol–water partition coefficient (Wildman–Crippen LogP) is 3.31. The molecule has 2 unspecified atom stereocenters. The second-order valence-corrected chi connectivity index (χ2v) is 8.61. The highest BCUT2D eigenvalue weighted by molar-refractivity contribution is 5.89. The molecule has 0 radical (unpaired) electrons. The second kappa shape index (κ2) is 9.04. The van der Waals surface area contributed by atoms with Crippen LogP contribution in [0.2, 0.25) is 0 Å². The number of rotatable bonds is 6. The van der Waals surface area contributed by atoms with E-state index in [0.29, 0.717) is 13.1 Å². The zero-order chi connectivity index (χ0) is 21.1. The molecule has 0 spiro atoms. The van der Waals surface area contributed by atoms with E-state index in [2.05, 4.69) is 11.9 Å². The maximum Gasteiger partial charge on any atom is 0.228 e. The maximum absolute atomic E-state index is 13.6. The van der Waals surface area contributed by atoms with Crippen LogP contribution in [0.15, 0.2) is 53.1 Å². The van der Waals surface area contributed by atoms with Gasteiger partial charge in [-0.15, -0.1) is 0 Å². The lowest BCUT2D eigenvalue weighted by Crippen LogP contribution is -2.48. The Labute approximate surface area is 178 Å². The third-order valence-electron chi connectivity index (χ3n) is 6.58. The molecule has 0 saturated carbocycles. The summed E-state index contributed by atoms with van der Waals surface area (Å²) in [5.41, 5.74) is 1.10. The van der Waals surface area contributed by atoms with Gasteiger partial charge < -0.3 is 19.1 Å². The van der Waals surface area contributed by atoms with Gasteiger partial charge in [0.25, 0.3) is 0 Å². The molecule has 6 heteroatoms. The van der Waals surface area contributed by atoms with Crippen molar-refractivity contribution in [2.45, 2.75) is 44.8 Å². The highest BCUT2D eigenvalue weighted by Crippen LogP contribution is 2.31. The van der Waals surface area contributed by atoms with E-state index in [1.165, 1.54) is 0 Å². The number of amides is 2. The van der Waals surface area contributed by atoms with Gasteiger partial charge in [-0.2, -0.15) is 0 Å². The van der Waals surface area contributed by atoms with Crippen molar-refractivity contribution >= 4 is 11.8 Å². The largest absolute Gasteiger partial charge is 0.467 e. The third kappa shape index (κ3) is 4.43. The molecular formula is C24H31N3O3. The van der Waals surface area contributed by atoms with Crippen LogP contribution in [0.1, 0.15) is 43.6 Å². The first kappa shape index (κ1) is 20.7. The summed E-state index contributed by atoms with van der Waals surface area (Å²) in [6.45, 7) is 4.95. The van der Waals surface area contributed by atoms with E-state index in [0.717, 1.165) is 37.3 Å². The van der Waals surface area contributed by atoms with Crippen molar-refractivity contribution in [1.82, 2.24) is 14.7 Å². The van der Waals surface area contributed by atoms with E-state index in [-0.39, 0.29) is 36.2 Å². The molecule has 2 aliphatic heterocycles. The molecular weight excluding hydrogens is 378 g/mol. The summed E-state index contributed by atoms with van der Waals surface area (Å²) in [4.78, 5) is 32.5. The number of benzene rings is 1. The summed E-state index contributed by atoms with van der Waals surface area (Å²) in [7, 11) is 2.12. The van der Waals surface area contributed by atoms with Crippen LogP contribution in [0.25, 0.3) is 0 Å². The maximum atomic E-state index is 13.6. The molecule has 160 valence electrons. The van der Waals surface area contributed by atoms with E-state index in [4.69, 9.17) is 4.42 Å². The smallest absolute Gasteiger partial charge is 0.228 e. The predicted molar refractivity (Wildman–Crippen MR) is 114 cm³/mol. The molecule has 1 aromatic heterocycles. The van der Waals surface area contributed by atoms with Crippen molar-refractivity contribution in [2.24, 2.45) is 5.92 Å². The molecule has 1 aromatic carbocycles.